The zero-order chi connectivity index (χ0) is 21.6. The highest BCUT2D eigenvalue weighted by molar-refractivity contribution is 5.95. The number of piperidine rings is 1. The van der Waals surface area contributed by atoms with E-state index < -0.39 is 25.4 Å². The van der Waals surface area contributed by atoms with Crippen molar-refractivity contribution in [3.8, 4) is 0 Å². The first kappa shape index (κ1) is 18.1. The molecule has 3 rings (SSSR count). The maximum Gasteiger partial charge on any atom is 0.253 e. The first-order valence-corrected chi connectivity index (χ1v) is 9.30. The van der Waals surface area contributed by atoms with Crippen LogP contribution in [0, 0.1) is 5.82 Å². The predicted molar refractivity (Wildman–Crippen MR) is 113 cm³/mol. The van der Waals surface area contributed by atoms with Crippen molar-refractivity contribution in [2.24, 2.45) is 0 Å². The van der Waals surface area contributed by atoms with Crippen LogP contribution in [0.25, 0.3) is 0 Å². The second-order valence-electron chi connectivity index (χ2n) is 6.81. The maximum absolute atomic E-state index is 14.5. The van der Waals surface area contributed by atoms with Crippen LogP contribution in [0.4, 0.5) is 10.1 Å². The summed E-state index contributed by atoms with van der Waals surface area (Å²) < 4.78 is 40.6. The number of para-hydroxylation sites is 1. The SMILES string of the molecule is Cl.[2H]C([2H])([2H])OCC(=O)N(c1ccccc1F)C1CCN(CCc2ccccc2)CC1. The third-order valence-corrected chi connectivity index (χ3v) is 5.06. The molecule has 28 heavy (non-hydrogen) atoms. The summed E-state index contributed by atoms with van der Waals surface area (Å²) in [5, 5.41) is 0. The number of rotatable bonds is 7. The molecule has 1 amide bonds. The lowest BCUT2D eigenvalue weighted by Gasteiger charge is -2.38. The standard InChI is InChI=1S/C22H27FN2O2.ClH/c1-27-17-22(26)25(21-10-6-5-9-20(21)23)19-12-15-24(16-13-19)14-11-18-7-3-2-4-8-18;/h2-10,19H,11-17H2,1H3;1H/i1D3;. The lowest BCUT2D eigenvalue weighted by Crippen LogP contribution is -2.49. The summed E-state index contributed by atoms with van der Waals surface area (Å²) in [6.45, 7) is 1.89. The van der Waals surface area contributed by atoms with Gasteiger partial charge in [-0.05, 0) is 37.0 Å². The highest BCUT2D eigenvalue weighted by atomic mass is 35.5. The molecule has 0 saturated carbocycles. The van der Waals surface area contributed by atoms with Gasteiger partial charge in [0.05, 0.1) is 9.80 Å². The van der Waals surface area contributed by atoms with Gasteiger partial charge >= 0.3 is 0 Å². The van der Waals surface area contributed by atoms with Crippen LogP contribution in [0.2, 0.25) is 0 Å². The smallest absolute Gasteiger partial charge is 0.253 e. The molecule has 0 aliphatic carbocycles. The van der Waals surface area contributed by atoms with Crippen molar-refractivity contribution < 1.29 is 18.0 Å². The van der Waals surface area contributed by atoms with Crippen molar-refractivity contribution in [2.45, 2.75) is 25.3 Å². The average Bonchev–Trinajstić information content (AvgIpc) is 2.73. The van der Waals surface area contributed by atoms with Gasteiger partial charge in [-0.2, -0.15) is 0 Å². The molecule has 0 N–H and O–H groups in total. The second-order valence-corrected chi connectivity index (χ2v) is 6.81. The van der Waals surface area contributed by atoms with E-state index in [1.165, 1.54) is 16.5 Å². The van der Waals surface area contributed by atoms with Crippen LogP contribution >= 0.6 is 12.4 Å². The summed E-state index contributed by atoms with van der Waals surface area (Å²) in [4.78, 5) is 16.5. The molecule has 0 radical (unpaired) electrons. The summed E-state index contributed by atoms with van der Waals surface area (Å²) >= 11 is 0. The quantitative estimate of drug-likeness (QED) is 0.694. The first-order valence-electron chi connectivity index (χ1n) is 10.8. The van der Waals surface area contributed by atoms with E-state index in [0.717, 1.165) is 26.1 Å². The van der Waals surface area contributed by atoms with Crippen LogP contribution < -0.4 is 4.90 Å². The van der Waals surface area contributed by atoms with Gasteiger partial charge in [0.1, 0.15) is 12.4 Å². The van der Waals surface area contributed by atoms with Gasteiger partial charge in [0.2, 0.25) is 0 Å². The van der Waals surface area contributed by atoms with E-state index in [-0.39, 0.29) is 24.1 Å². The lowest BCUT2D eigenvalue weighted by molar-refractivity contribution is -0.122. The Morgan fingerprint density at radius 3 is 2.54 bits per heavy atom. The van der Waals surface area contributed by atoms with E-state index in [4.69, 9.17) is 8.85 Å². The molecule has 1 aliphatic heterocycles. The molecule has 1 saturated heterocycles. The van der Waals surface area contributed by atoms with Crippen molar-refractivity contribution in [2.75, 3.05) is 38.2 Å². The molecular formula is C22H28ClFN2O2. The Morgan fingerprint density at radius 2 is 1.86 bits per heavy atom. The predicted octanol–water partition coefficient (Wildman–Crippen LogP) is 3.93. The Kier molecular flexibility index (Phi) is 7.21. The molecule has 1 fully saturated rings. The van der Waals surface area contributed by atoms with E-state index in [2.05, 4.69) is 17.0 Å². The van der Waals surface area contributed by atoms with E-state index in [0.29, 0.717) is 12.8 Å². The van der Waals surface area contributed by atoms with Crippen LogP contribution in [0.1, 0.15) is 22.5 Å². The summed E-state index contributed by atoms with van der Waals surface area (Å²) in [6, 6.07) is 16.1. The highest BCUT2D eigenvalue weighted by Crippen LogP contribution is 2.26. The van der Waals surface area contributed by atoms with Crippen molar-refractivity contribution >= 4 is 24.0 Å². The molecule has 0 bridgehead atoms. The van der Waals surface area contributed by atoms with Gasteiger partial charge in [-0.25, -0.2) is 4.39 Å². The topological polar surface area (TPSA) is 32.8 Å². The Bertz CT molecular complexity index is 831. The summed E-state index contributed by atoms with van der Waals surface area (Å²) in [5.74, 6) is -1.05. The number of halogens is 2. The van der Waals surface area contributed by atoms with Gasteiger partial charge in [0.15, 0.2) is 0 Å². The molecular weight excluding hydrogens is 379 g/mol. The van der Waals surface area contributed by atoms with E-state index in [9.17, 15) is 9.18 Å². The van der Waals surface area contributed by atoms with Crippen LogP contribution in [0.15, 0.2) is 54.6 Å². The number of ether oxygens (including phenoxy) is 1. The minimum Gasteiger partial charge on any atom is -0.375 e. The van der Waals surface area contributed by atoms with Gasteiger partial charge < -0.3 is 14.5 Å². The van der Waals surface area contributed by atoms with Crippen molar-refractivity contribution in [1.29, 1.82) is 0 Å². The fraction of sp³-hybridized carbons (Fsp3) is 0.409. The molecule has 2 aromatic rings. The fourth-order valence-electron chi connectivity index (χ4n) is 3.65. The zero-order valence-electron chi connectivity index (χ0n) is 18.7. The van der Waals surface area contributed by atoms with Gasteiger partial charge in [-0.1, -0.05) is 42.5 Å². The van der Waals surface area contributed by atoms with Gasteiger partial charge in [-0.15, -0.1) is 12.4 Å². The maximum atomic E-state index is 14.5. The van der Waals surface area contributed by atoms with E-state index in [1.54, 1.807) is 18.2 Å². The minimum atomic E-state index is -2.67. The number of benzene rings is 2. The fourth-order valence-corrected chi connectivity index (χ4v) is 3.65. The van der Waals surface area contributed by atoms with Crippen molar-refractivity contribution in [1.82, 2.24) is 4.90 Å². The van der Waals surface area contributed by atoms with Gasteiger partial charge in [-0.3, -0.25) is 4.79 Å². The molecule has 4 nitrogen and oxygen atoms in total. The third kappa shape index (κ3) is 5.77. The number of anilines is 1. The van der Waals surface area contributed by atoms with Crippen LogP contribution in [0.3, 0.4) is 0 Å². The molecule has 0 unspecified atom stereocenters. The number of likely N-dealkylation sites (tertiary alicyclic amines) is 1. The Morgan fingerprint density at radius 1 is 1.18 bits per heavy atom. The molecule has 1 heterocycles. The number of hydrogen-bond acceptors (Lipinski definition) is 3. The molecule has 0 aromatic heterocycles. The number of methoxy groups -OCH3 is 1. The van der Waals surface area contributed by atoms with Crippen LogP contribution in [0.5, 0.6) is 0 Å². The number of carbonyl (C=O) groups is 1. The minimum absolute atomic E-state index is 0. The Labute approximate surface area is 176 Å². The summed E-state index contributed by atoms with van der Waals surface area (Å²) in [6.07, 6.45) is 2.32. The third-order valence-electron chi connectivity index (χ3n) is 5.06. The lowest BCUT2D eigenvalue weighted by atomic mass is 10.0. The number of carbonyl (C=O) groups excluding carboxylic acids is 1. The monoisotopic (exact) mass is 409 g/mol. The number of amides is 1. The van der Waals surface area contributed by atoms with Gasteiger partial charge in [0.25, 0.3) is 5.91 Å². The average molecular weight is 410 g/mol. The molecule has 2 aromatic carbocycles. The Hall–Kier alpha value is -1.95. The van der Waals surface area contributed by atoms with E-state index in [1.807, 2.05) is 18.2 Å². The molecule has 0 spiro atoms. The number of nitrogens with zero attached hydrogens (tertiary/aromatic N) is 2. The Balaban J connectivity index is 0.00000341. The van der Waals surface area contributed by atoms with E-state index >= 15 is 0 Å². The molecule has 6 heteroatoms. The van der Waals surface area contributed by atoms with Crippen LogP contribution in [-0.2, 0) is 16.0 Å². The molecule has 1 aliphatic rings. The molecule has 152 valence electrons. The zero-order valence-corrected chi connectivity index (χ0v) is 16.5. The summed E-state index contributed by atoms with van der Waals surface area (Å²) in [5.41, 5.74) is 1.45. The van der Waals surface area contributed by atoms with Crippen molar-refractivity contribution in [3.63, 3.8) is 0 Å². The van der Waals surface area contributed by atoms with Crippen molar-refractivity contribution in [3.05, 3.63) is 66.0 Å². The largest absolute Gasteiger partial charge is 0.375 e. The molecule has 0 atom stereocenters. The first-order chi connectivity index (χ1) is 14.3. The second kappa shape index (κ2) is 11.1. The van der Waals surface area contributed by atoms with Gasteiger partial charge in [0, 0.05) is 32.7 Å². The van der Waals surface area contributed by atoms with Crippen LogP contribution in [-0.4, -0.2) is 50.1 Å². The summed E-state index contributed by atoms with van der Waals surface area (Å²) in [7, 11) is -2.67. The highest BCUT2D eigenvalue weighted by Gasteiger charge is 2.30. The number of hydrogen-bond donors (Lipinski definition) is 0. The normalized spacial score (nSPS) is 17.1.